The molecule has 0 aliphatic heterocycles. The summed E-state index contributed by atoms with van der Waals surface area (Å²) in [5.74, 6) is 0.514. The number of aromatic amines is 1. The van der Waals surface area contributed by atoms with E-state index in [2.05, 4.69) is 14.7 Å². The van der Waals surface area contributed by atoms with Crippen LogP contribution in [0, 0.1) is 5.41 Å². The van der Waals surface area contributed by atoms with Crippen molar-refractivity contribution in [3.63, 3.8) is 0 Å². The summed E-state index contributed by atoms with van der Waals surface area (Å²) in [6.07, 6.45) is 1.77. The van der Waals surface area contributed by atoms with Crippen LogP contribution in [0.3, 0.4) is 0 Å². The van der Waals surface area contributed by atoms with Gasteiger partial charge in [-0.15, -0.1) is 0 Å². The third kappa shape index (κ3) is 4.14. The van der Waals surface area contributed by atoms with E-state index in [0.717, 1.165) is 28.3 Å². The fraction of sp³-hybridized carbons (Fsp3) is 0.150. The zero-order valence-corrected chi connectivity index (χ0v) is 15.2. The summed E-state index contributed by atoms with van der Waals surface area (Å²) in [6.45, 7) is 0.191. The number of nitrogens with one attached hydrogen (secondary N) is 2. The Bertz CT molecular complexity index is 945. The first-order valence-electron chi connectivity index (χ1n) is 8.36. The lowest BCUT2D eigenvalue weighted by molar-refractivity contribution is -0.138. The van der Waals surface area contributed by atoms with E-state index < -0.39 is 0 Å². The van der Waals surface area contributed by atoms with Crippen molar-refractivity contribution in [1.29, 1.82) is 5.41 Å². The topological polar surface area (TPSA) is 108 Å². The van der Waals surface area contributed by atoms with Crippen LogP contribution in [-0.2, 0) is 9.53 Å². The summed E-state index contributed by atoms with van der Waals surface area (Å²) in [7, 11) is 3.21. The Kier molecular flexibility index (Phi) is 5.21. The molecule has 1 aromatic heterocycles. The van der Waals surface area contributed by atoms with Gasteiger partial charge in [0, 0.05) is 23.9 Å². The van der Waals surface area contributed by atoms with Gasteiger partial charge in [-0.1, -0.05) is 24.3 Å². The number of hydrogen-bond acceptors (Lipinski definition) is 5. The van der Waals surface area contributed by atoms with E-state index in [1.165, 1.54) is 7.11 Å². The molecule has 0 aliphatic rings. The predicted molar refractivity (Wildman–Crippen MR) is 106 cm³/mol. The molecule has 0 atom stereocenters. The van der Waals surface area contributed by atoms with Gasteiger partial charge in [0.25, 0.3) is 0 Å². The second-order valence-electron chi connectivity index (χ2n) is 6.12. The Hall–Kier alpha value is -3.61. The Morgan fingerprint density at radius 1 is 1.15 bits per heavy atom. The number of anilines is 1. The van der Waals surface area contributed by atoms with Gasteiger partial charge in [0.1, 0.15) is 18.2 Å². The van der Waals surface area contributed by atoms with E-state index in [4.69, 9.17) is 11.1 Å². The lowest BCUT2D eigenvalue weighted by atomic mass is 10.1. The summed E-state index contributed by atoms with van der Waals surface area (Å²) in [5, 5.41) is 7.45. The number of methoxy groups -OCH3 is 1. The van der Waals surface area contributed by atoms with E-state index in [1.807, 2.05) is 60.5 Å². The molecule has 0 spiro atoms. The Morgan fingerprint density at radius 2 is 1.78 bits per heavy atom. The summed E-state index contributed by atoms with van der Waals surface area (Å²) in [5.41, 5.74) is 9.87. The Labute approximate surface area is 157 Å². The molecule has 0 aliphatic carbocycles. The van der Waals surface area contributed by atoms with Gasteiger partial charge >= 0.3 is 5.97 Å². The SMILES string of the molecule is COC(=O)CN(C)c1ccc(-c2ncc(-c3ccc(C(=N)N)cc3)[nH]2)cc1. The molecule has 138 valence electrons. The maximum absolute atomic E-state index is 11.4. The molecule has 4 N–H and O–H groups in total. The van der Waals surface area contributed by atoms with Crippen molar-refractivity contribution in [2.45, 2.75) is 0 Å². The first-order valence-corrected chi connectivity index (χ1v) is 8.36. The van der Waals surface area contributed by atoms with Crippen LogP contribution in [0.4, 0.5) is 5.69 Å². The van der Waals surface area contributed by atoms with E-state index in [0.29, 0.717) is 5.56 Å². The molecule has 0 saturated heterocycles. The quantitative estimate of drug-likeness (QED) is 0.354. The number of aromatic nitrogens is 2. The lowest BCUT2D eigenvalue weighted by Gasteiger charge is -2.17. The Balaban J connectivity index is 1.76. The van der Waals surface area contributed by atoms with E-state index in [-0.39, 0.29) is 18.3 Å². The number of H-pyrrole nitrogens is 1. The number of carbonyl (C=O) groups excluding carboxylic acids is 1. The van der Waals surface area contributed by atoms with Crippen molar-refractivity contribution < 1.29 is 9.53 Å². The molecular weight excluding hydrogens is 342 g/mol. The normalized spacial score (nSPS) is 10.4. The number of nitrogens with zero attached hydrogens (tertiary/aromatic N) is 2. The summed E-state index contributed by atoms with van der Waals surface area (Å²) >= 11 is 0. The fourth-order valence-corrected chi connectivity index (χ4v) is 2.67. The van der Waals surface area contributed by atoms with Gasteiger partial charge in [-0.3, -0.25) is 10.2 Å². The average Bonchev–Trinajstić information content (AvgIpc) is 3.18. The van der Waals surface area contributed by atoms with Gasteiger partial charge in [-0.2, -0.15) is 0 Å². The first kappa shape index (κ1) is 18.2. The molecule has 0 amide bonds. The molecule has 0 saturated carbocycles. The largest absolute Gasteiger partial charge is 0.468 e. The molecule has 2 aromatic carbocycles. The van der Waals surface area contributed by atoms with Crippen LogP contribution in [0.5, 0.6) is 0 Å². The highest BCUT2D eigenvalue weighted by Crippen LogP contribution is 2.24. The molecule has 0 radical (unpaired) electrons. The molecule has 0 unspecified atom stereocenters. The maximum atomic E-state index is 11.4. The fourth-order valence-electron chi connectivity index (χ4n) is 2.67. The summed E-state index contributed by atoms with van der Waals surface area (Å²) in [6, 6.07) is 15.2. The number of ether oxygens (including phenoxy) is 1. The highest BCUT2D eigenvalue weighted by atomic mass is 16.5. The van der Waals surface area contributed by atoms with Gasteiger partial charge in [0.2, 0.25) is 0 Å². The van der Waals surface area contributed by atoms with Crippen molar-refractivity contribution in [2.24, 2.45) is 5.73 Å². The van der Waals surface area contributed by atoms with Crippen molar-refractivity contribution in [1.82, 2.24) is 9.97 Å². The van der Waals surface area contributed by atoms with E-state index in [9.17, 15) is 4.79 Å². The van der Waals surface area contributed by atoms with Crippen molar-refractivity contribution >= 4 is 17.5 Å². The third-order valence-corrected chi connectivity index (χ3v) is 4.26. The van der Waals surface area contributed by atoms with Crippen LogP contribution in [0.1, 0.15) is 5.56 Å². The minimum absolute atomic E-state index is 0.0455. The molecule has 3 rings (SSSR count). The standard InChI is InChI=1S/C20H21N5O2/c1-25(12-18(26)27-2)16-9-7-15(8-10-16)20-23-11-17(24-20)13-3-5-14(6-4-13)19(21)22/h3-11H,12H2,1-2H3,(H3,21,22)(H,23,24). The number of amidine groups is 1. The summed E-state index contributed by atoms with van der Waals surface area (Å²) in [4.78, 5) is 20.9. The highest BCUT2D eigenvalue weighted by molar-refractivity contribution is 5.95. The van der Waals surface area contributed by atoms with Crippen LogP contribution in [0.2, 0.25) is 0 Å². The van der Waals surface area contributed by atoms with Crippen LogP contribution >= 0.6 is 0 Å². The zero-order valence-electron chi connectivity index (χ0n) is 15.2. The molecule has 3 aromatic rings. The van der Waals surface area contributed by atoms with Gasteiger partial charge in [-0.25, -0.2) is 4.98 Å². The molecular formula is C20H21N5O2. The minimum atomic E-state index is -0.284. The third-order valence-electron chi connectivity index (χ3n) is 4.26. The first-order chi connectivity index (χ1) is 13.0. The number of carbonyl (C=O) groups is 1. The van der Waals surface area contributed by atoms with Crippen LogP contribution in [0.25, 0.3) is 22.6 Å². The predicted octanol–water partition coefficient (Wildman–Crippen LogP) is 2.64. The lowest BCUT2D eigenvalue weighted by Crippen LogP contribution is -2.26. The van der Waals surface area contributed by atoms with E-state index in [1.54, 1.807) is 6.20 Å². The van der Waals surface area contributed by atoms with Gasteiger partial charge < -0.3 is 20.4 Å². The molecule has 0 fully saturated rings. The molecule has 7 heteroatoms. The number of esters is 1. The average molecular weight is 363 g/mol. The number of nitrogen functional groups attached to an aromatic ring is 1. The highest BCUT2D eigenvalue weighted by Gasteiger charge is 2.09. The molecule has 0 bridgehead atoms. The second kappa shape index (κ2) is 7.74. The van der Waals surface area contributed by atoms with Crippen molar-refractivity contribution in [3.05, 3.63) is 60.3 Å². The molecule has 1 heterocycles. The number of nitrogens with two attached hydrogens (primary N) is 1. The number of hydrogen-bond donors (Lipinski definition) is 3. The molecule has 27 heavy (non-hydrogen) atoms. The Morgan fingerprint density at radius 3 is 2.37 bits per heavy atom. The minimum Gasteiger partial charge on any atom is -0.468 e. The van der Waals surface area contributed by atoms with Crippen molar-refractivity contribution in [2.75, 3.05) is 25.6 Å². The van der Waals surface area contributed by atoms with Crippen LogP contribution < -0.4 is 10.6 Å². The number of rotatable bonds is 6. The van der Waals surface area contributed by atoms with Gasteiger partial charge in [0.05, 0.1) is 19.0 Å². The number of benzene rings is 2. The number of imidazole rings is 1. The zero-order chi connectivity index (χ0) is 19.4. The van der Waals surface area contributed by atoms with Crippen LogP contribution in [0.15, 0.2) is 54.7 Å². The number of likely N-dealkylation sites (N-methyl/N-ethyl adjacent to an activating group) is 1. The molecule has 7 nitrogen and oxygen atoms in total. The second-order valence-corrected chi connectivity index (χ2v) is 6.12. The van der Waals surface area contributed by atoms with Gasteiger partial charge in [0.15, 0.2) is 0 Å². The van der Waals surface area contributed by atoms with Crippen molar-refractivity contribution in [3.8, 4) is 22.6 Å². The summed E-state index contributed by atoms with van der Waals surface area (Å²) < 4.78 is 4.69. The van der Waals surface area contributed by atoms with E-state index >= 15 is 0 Å². The monoisotopic (exact) mass is 363 g/mol. The smallest absolute Gasteiger partial charge is 0.325 e. The van der Waals surface area contributed by atoms with Gasteiger partial charge in [-0.05, 0) is 29.8 Å². The maximum Gasteiger partial charge on any atom is 0.325 e. The van der Waals surface area contributed by atoms with Crippen LogP contribution in [-0.4, -0.2) is 42.5 Å².